The van der Waals surface area contributed by atoms with Gasteiger partial charge in [0.05, 0.1) is 12.6 Å². The second-order valence-corrected chi connectivity index (χ2v) is 5.38. The van der Waals surface area contributed by atoms with Crippen molar-refractivity contribution in [2.45, 2.75) is 13.0 Å². The van der Waals surface area contributed by atoms with E-state index in [4.69, 9.17) is 5.73 Å². The van der Waals surface area contributed by atoms with Gasteiger partial charge in [-0.1, -0.05) is 6.07 Å². The Bertz CT molecular complexity index is 431. The van der Waals surface area contributed by atoms with E-state index < -0.39 is 0 Å². The number of aliphatic imine (C=N–C) groups is 1. The summed E-state index contributed by atoms with van der Waals surface area (Å²) >= 11 is 6.98. The van der Waals surface area contributed by atoms with Crippen LogP contribution in [0, 0.1) is 0 Å². The molecule has 1 aromatic carbocycles. The third-order valence-electron chi connectivity index (χ3n) is 2.77. The van der Waals surface area contributed by atoms with E-state index in [-0.39, 0.29) is 6.04 Å². The fourth-order valence-electron chi connectivity index (χ4n) is 1.92. The summed E-state index contributed by atoms with van der Waals surface area (Å²) < 4.78 is 2.12. The molecule has 2 N–H and O–H groups in total. The minimum Gasteiger partial charge on any atom is -0.370 e. The van der Waals surface area contributed by atoms with Gasteiger partial charge in [-0.05, 0) is 56.5 Å². The molecular formula is C11H13Br2N3. The fraction of sp³-hybridized carbons (Fsp3) is 0.364. The number of rotatable bonds is 2. The van der Waals surface area contributed by atoms with E-state index >= 15 is 0 Å². The predicted molar refractivity (Wildman–Crippen MR) is 73.5 cm³/mol. The van der Waals surface area contributed by atoms with Crippen molar-refractivity contribution in [1.29, 1.82) is 0 Å². The lowest BCUT2D eigenvalue weighted by atomic mass is 10.1. The highest BCUT2D eigenvalue weighted by Crippen LogP contribution is 2.30. The number of guanidine groups is 1. The van der Waals surface area contributed by atoms with Crippen molar-refractivity contribution in [1.82, 2.24) is 4.90 Å². The van der Waals surface area contributed by atoms with Crippen LogP contribution in [0.15, 0.2) is 32.1 Å². The Morgan fingerprint density at radius 1 is 1.44 bits per heavy atom. The molecule has 0 radical (unpaired) electrons. The van der Waals surface area contributed by atoms with Gasteiger partial charge in [0, 0.05) is 15.5 Å². The number of nitrogens with two attached hydrogens (primary N) is 1. The Balaban J connectivity index is 2.28. The molecule has 1 aliphatic rings. The van der Waals surface area contributed by atoms with Gasteiger partial charge in [0.1, 0.15) is 0 Å². The highest BCUT2D eigenvalue weighted by Gasteiger charge is 2.26. The molecule has 5 heteroatoms. The Morgan fingerprint density at radius 2 is 2.19 bits per heavy atom. The smallest absolute Gasteiger partial charge is 0.191 e. The highest BCUT2D eigenvalue weighted by molar-refractivity contribution is 9.13. The van der Waals surface area contributed by atoms with Crippen molar-refractivity contribution >= 4 is 37.8 Å². The number of hydrogen-bond donors (Lipinski definition) is 1. The van der Waals surface area contributed by atoms with Crippen LogP contribution in [0.5, 0.6) is 0 Å². The standard InChI is InChI=1S/C11H13Br2N3/c1-2-16-10(6-15-11(16)14)7-3-4-8(12)9(13)5-7/h3-5,10H,2,6H2,1H3,(H2,14,15). The van der Waals surface area contributed by atoms with Crippen molar-refractivity contribution in [3.05, 3.63) is 32.7 Å². The summed E-state index contributed by atoms with van der Waals surface area (Å²) in [5.41, 5.74) is 7.08. The van der Waals surface area contributed by atoms with Crippen molar-refractivity contribution in [2.75, 3.05) is 13.1 Å². The first-order valence-corrected chi connectivity index (χ1v) is 6.73. The second-order valence-electron chi connectivity index (χ2n) is 3.67. The largest absolute Gasteiger partial charge is 0.370 e. The molecule has 0 amide bonds. The van der Waals surface area contributed by atoms with Crippen molar-refractivity contribution < 1.29 is 0 Å². The van der Waals surface area contributed by atoms with E-state index in [9.17, 15) is 0 Å². The number of nitrogens with zero attached hydrogens (tertiary/aromatic N) is 2. The molecule has 86 valence electrons. The summed E-state index contributed by atoms with van der Waals surface area (Å²) in [6.07, 6.45) is 0. The fourth-order valence-corrected chi connectivity index (χ4v) is 2.56. The minimum absolute atomic E-state index is 0.273. The molecule has 0 aromatic heterocycles. The maximum atomic E-state index is 5.84. The summed E-state index contributed by atoms with van der Waals surface area (Å²) in [4.78, 5) is 6.41. The van der Waals surface area contributed by atoms with Crippen molar-refractivity contribution in [3.63, 3.8) is 0 Å². The average molecular weight is 347 g/mol. The van der Waals surface area contributed by atoms with Gasteiger partial charge in [-0.3, -0.25) is 4.99 Å². The van der Waals surface area contributed by atoms with Crippen LogP contribution >= 0.6 is 31.9 Å². The Labute approximate surface area is 112 Å². The average Bonchev–Trinajstić information content (AvgIpc) is 2.63. The second kappa shape index (κ2) is 4.75. The van der Waals surface area contributed by atoms with Crippen LogP contribution in [0.3, 0.4) is 0 Å². The van der Waals surface area contributed by atoms with Gasteiger partial charge in [-0.2, -0.15) is 0 Å². The van der Waals surface area contributed by atoms with Gasteiger partial charge >= 0.3 is 0 Å². The zero-order chi connectivity index (χ0) is 11.7. The lowest BCUT2D eigenvalue weighted by molar-refractivity contribution is 0.364. The minimum atomic E-state index is 0.273. The van der Waals surface area contributed by atoms with Crippen LogP contribution in [-0.2, 0) is 0 Å². The maximum absolute atomic E-state index is 5.84. The Kier molecular flexibility index (Phi) is 3.54. The molecule has 2 rings (SSSR count). The number of likely N-dealkylation sites (N-methyl/N-ethyl adjacent to an activating group) is 1. The first-order chi connectivity index (χ1) is 7.63. The molecule has 0 spiro atoms. The SMILES string of the molecule is CCN1C(N)=NCC1c1ccc(Br)c(Br)c1. The van der Waals surface area contributed by atoms with E-state index in [2.05, 4.69) is 60.8 Å². The molecule has 1 heterocycles. The number of benzene rings is 1. The van der Waals surface area contributed by atoms with Gasteiger partial charge in [-0.15, -0.1) is 0 Å². The van der Waals surface area contributed by atoms with Gasteiger partial charge in [0.25, 0.3) is 0 Å². The van der Waals surface area contributed by atoms with Crippen LogP contribution in [-0.4, -0.2) is 23.9 Å². The molecule has 1 aromatic rings. The maximum Gasteiger partial charge on any atom is 0.191 e. The Morgan fingerprint density at radius 3 is 2.81 bits per heavy atom. The summed E-state index contributed by atoms with van der Waals surface area (Å²) in [5, 5.41) is 0. The van der Waals surface area contributed by atoms with Gasteiger partial charge < -0.3 is 10.6 Å². The lowest BCUT2D eigenvalue weighted by Crippen LogP contribution is -2.35. The molecule has 0 aliphatic carbocycles. The monoisotopic (exact) mass is 345 g/mol. The lowest BCUT2D eigenvalue weighted by Gasteiger charge is -2.25. The van der Waals surface area contributed by atoms with Crippen molar-refractivity contribution in [2.24, 2.45) is 10.7 Å². The molecule has 0 bridgehead atoms. The van der Waals surface area contributed by atoms with E-state index in [1.807, 2.05) is 6.07 Å². The predicted octanol–water partition coefficient (Wildman–Crippen LogP) is 2.90. The first kappa shape index (κ1) is 11.9. The molecule has 1 unspecified atom stereocenters. The van der Waals surface area contributed by atoms with E-state index in [0.717, 1.165) is 22.0 Å². The third kappa shape index (κ3) is 2.11. The number of hydrogen-bond acceptors (Lipinski definition) is 3. The van der Waals surface area contributed by atoms with E-state index in [0.29, 0.717) is 5.96 Å². The van der Waals surface area contributed by atoms with E-state index in [1.54, 1.807) is 0 Å². The summed E-state index contributed by atoms with van der Waals surface area (Å²) in [6, 6.07) is 6.54. The van der Waals surface area contributed by atoms with Crippen LogP contribution < -0.4 is 5.73 Å². The molecule has 1 atom stereocenters. The van der Waals surface area contributed by atoms with E-state index in [1.165, 1.54) is 5.56 Å². The highest BCUT2D eigenvalue weighted by atomic mass is 79.9. The molecular weight excluding hydrogens is 334 g/mol. The molecule has 0 saturated carbocycles. The summed E-state index contributed by atoms with van der Waals surface area (Å²) in [7, 11) is 0. The van der Waals surface area contributed by atoms with Gasteiger partial charge in [0.2, 0.25) is 0 Å². The molecule has 3 nitrogen and oxygen atoms in total. The van der Waals surface area contributed by atoms with Crippen LogP contribution in [0.25, 0.3) is 0 Å². The third-order valence-corrected chi connectivity index (χ3v) is 4.65. The zero-order valence-corrected chi connectivity index (χ0v) is 12.1. The first-order valence-electron chi connectivity index (χ1n) is 5.15. The topological polar surface area (TPSA) is 41.6 Å². The quantitative estimate of drug-likeness (QED) is 0.894. The molecule has 1 aliphatic heterocycles. The molecule has 0 fully saturated rings. The Hall–Kier alpha value is -0.550. The summed E-state index contributed by atoms with van der Waals surface area (Å²) in [6.45, 7) is 3.72. The molecule has 0 saturated heterocycles. The van der Waals surface area contributed by atoms with Crippen LogP contribution in [0.1, 0.15) is 18.5 Å². The van der Waals surface area contributed by atoms with Gasteiger partial charge in [0.15, 0.2) is 5.96 Å². The number of halogens is 2. The normalized spacial score (nSPS) is 20.1. The van der Waals surface area contributed by atoms with Crippen LogP contribution in [0.2, 0.25) is 0 Å². The molecule has 16 heavy (non-hydrogen) atoms. The van der Waals surface area contributed by atoms with Crippen LogP contribution in [0.4, 0.5) is 0 Å². The van der Waals surface area contributed by atoms with Crippen molar-refractivity contribution in [3.8, 4) is 0 Å². The van der Waals surface area contributed by atoms with Gasteiger partial charge in [-0.25, -0.2) is 0 Å². The zero-order valence-electron chi connectivity index (χ0n) is 8.95. The summed E-state index contributed by atoms with van der Waals surface area (Å²) in [5.74, 6) is 0.645.